The second-order valence-electron chi connectivity index (χ2n) is 12.1. The molecule has 0 radical (unpaired) electrons. The Labute approximate surface area is 289 Å². The first-order valence-electron chi connectivity index (χ1n) is 16.2. The summed E-state index contributed by atoms with van der Waals surface area (Å²) in [6.07, 6.45) is 12.9. The molecule has 50 heavy (non-hydrogen) atoms. The van der Waals surface area contributed by atoms with Gasteiger partial charge in [-0.15, -0.1) is 0 Å². The Kier molecular flexibility index (Phi) is 18.7. The topological polar surface area (TPSA) is 313 Å². The molecule has 1 unspecified atom stereocenters. The SMILES string of the molecule is CC(=O)CCCCCCCC(C)CCCCCCNc1ncnc2c1ncn2[C@@H]1O[C@H](CO)[C@@H](O)[C@H]1O.O=P(O)(O)OP(=O)(O)OP(=O)(O)O. The predicted molar refractivity (Wildman–Crippen MR) is 178 cm³/mol. The van der Waals surface area contributed by atoms with Crippen LogP contribution in [0.3, 0.4) is 0 Å². The van der Waals surface area contributed by atoms with E-state index in [4.69, 9.17) is 29.2 Å². The number of aromatic nitrogens is 4. The van der Waals surface area contributed by atoms with Crippen molar-refractivity contribution in [1.29, 1.82) is 0 Å². The van der Waals surface area contributed by atoms with Crippen LogP contribution >= 0.6 is 23.5 Å². The number of Topliss-reactive ketones (excluding diaryl/α,β-unsaturated/α-hetero) is 1. The standard InChI is InChI=1S/C27H45N5O5.H5O10P3/c1-19(12-8-4-3-5-10-14-20(2)34)13-9-6-7-11-15-28-25-22-26(30-17-29-25)32(18-31-22)27-24(36)23(35)21(16-33)37-27;1-11(2,3)9-13(7,8)10-12(4,5)6/h17-19,21,23-24,27,33,35-36H,3-16H2,1-2H3,(H,28,29,30);(H,7,8)(H2,1,2,3)(H2,4,5,6)/t19?,21-,23-,24-,27-;/m1./s1. The van der Waals surface area contributed by atoms with Crippen LogP contribution in [0.5, 0.6) is 0 Å². The molecular formula is C27H50N5O15P3. The average Bonchev–Trinajstić information content (AvgIpc) is 3.54. The van der Waals surface area contributed by atoms with Crippen molar-refractivity contribution in [2.45, 2.75) is 115 Å². The van der Waals surface area contributed by atoms with E-state index in [0.29, 0.717) is 22.8 Å². The Hall–Kier alpha value is -1.73. The molecule has 1 saturated heterocycles. The molecule has 0 bridgehead atoms. The minimum atomic E-state index is -5.46. The fourth-order valence-corrected chi connectivity index (χ4v) is 7.82. The molecule has 0 spiro atoms. The van der Waals surface area contributed by atoms with Crippen LogP contribution in [0.2, 0.25) is 0 Å². The minimum Gasteiger partial charge on any atom is -0.394 e. The van der Waals surface area contributed by atoms with E-state index < -0.39 is 48.0 Å². The quantitative estimate of drug-likeness (QED) is 0.0613. The molecule has 23 heteroatoms. The summed E-state index contributed by atoms with van der Waals surface area (Å²) in [6.45, 7) is 4.43. The molecule has 288 valence electrons. The molecule has 0 amide bonds. The van der Waals surface area contributed by atoms with Crippen molar-refractivity contribution < 1.29 is 71.6 Å². The fraction of sp³-hybridized carbons (Fsp3) is 0.778. The van der Waals surface area contributed by atoms with Crippen molar-refractivity contribution in [2.24, 2.45) is 5.92 Å². The first kappa shape index (κ1) is 44.4. The lowest BCUT2D eigenvalue weighted by atomic mass is 9.96. The highest BCUT2D eigenvalue weighted by Crippen LogP contribution is 2.64. The average molecular weight is 778 g/mol. The van der Waals surface area contributed by atoms with Crippen LogP contribution in [0.25, 0.3) is 11.2 Å². The summed E-state index contributed by atoms with van der Waals surface area (Å²) in [7, 11) is -16.2. The van der Waals surface area contributed by atoms with Gasteiger partial charge in [0.2, 0.25) is 0 Å². The third kappa shape index (κ3) is 16.7. The molecule has 1 aliphatic rings. The van der Waals surface area contributed by atoms with Gasteiger partial charge in [-0.25, -0.2) is 28.6 Å². The number of anilines is 1. The van der Waals surface area contributed by atoms with Crippen LogP contribution in [0, 0.1) is 5.92 Å². The van der Waals surface area contributed by atoms with Gasteiger partial charge >= 0.3 is 23.5 Å². The summed E-state index contributed by atoms with van der Waals surface area (Å²) in [5.41, 5.74) is 1.07. The van der Waals surface area contributed by atoms with Crippen LogP contribution in [0.4, 0.5) is 5.82 Å². The zero-order chi connectivity index (χ0) is 37.5. The molecule has 20 nitrogen and oxygen atoms in total. The first-order valence-corrected chi connectivity index (χ1v) is 20.8. The maximum absolute atomic E-state index is 11.0. The maximum Gasteiger partial charge on any atom is 0.490 e. The Balaban J connectivity index is 0.000000565. The molecule has 9 N–H and O–H groups in total. The zero-order valence-electron chi connectivity index (χ0n) is 28.0. The number of ketones is 1. The summed E-state index contributed by atoms with van der Waals surface area (Å²) in [6, 6.07) is 0. The second kappa shape index (κ2) is 21.1. The predicted octanol–water partition coefficient (Wildman–Crippen LogP) is 3.06. The summed E-state index contributed by atoms with van der Waals surface area (Å²) in [5, 5.41) is 33.1. The van der Waals surface area contributed by atoms with Crippen molar-refractivity contribution in [3.05, 3.63) is 12.7 Å². The van der Waals surface area contributed by atoms with Gasteiger partial charge in [0.25, 0.3) is 0 Å². The van der Waals surface area contributed by atoms with Gasteiger partial charge in [-0.2, -0.15) is 8.62 Å². The summed E-state index contributed by atoms with van der Waals surface area (Å²) in [4.78, 5) is 64.2. The molecule has 1 aliphatic heterocycles. The number of fused-ring (bicyclic) bond motifs is 1. The highest BCUT2D eigenvalue weighted by molar-refractivity contribution is 7.66. The summed E-state index contributed by atoms with van der Waals surface area (Å²) >= 11 is 0. The summed E-state index contributed by atoms with van der Waals surface area (Å²) in [5.74, 6) is 1.71. The van der Waals surface area contributed by atoms with E-state index in [-0.39, 0.29) is 6.61 Å². The van der Waals surface area contributed by atoms with E-state index in [9.17, 15) is 33.8 Å². The van der Waals surface area contributed by atoms with Crippen molar-refractivity contribution in [3.8, 4) is 0 Å². The number of hydrogen-bond donors (Lipinski definition) is 9. The van der Waals surface area contributed by atoms with Gasteiger partial charge in [0.15, 0.2) is 23.2 Å². The molecular weight excluding hydrogens is 727 g/mol. The third-order valence-electron chi connectivity index (χ3n) is 7.71. The number of ether oxygens (including phenoxy) is 1. The number of hydrogen-bond acceptors (Lipinski definition) is 14. The number of carbonyl (C=O) groups is 1. The van der Waals surface area contributed by atoms with E-state index >= 15 is 0 Å². The van der Waals surface area contributed by atoms with Crippen molar-refractivity contribution >= 4 is 46.2 Å². The van der Waals surface area contributed by atoms with Gasteiger partial charge < -0.3 is 54.6 Å². The molecule has 1 fully saturated rings. The number of aliphatic hydroxyl groups is 3. The highest BCUT2D eigenvalue weighted by Gasteiger charge is 2.44. The van der Waals surface area contributed by atoms with E-state index in [1.807, 2.05) is 0 Å². The number of phosphoric acid groups is 3. The molecule has 0 saturated carbocycles. The smallest absolute Gasteiger partial charge is 0.394 e. The van der Waals surface area contributed by atoms with Crippen LogP contribution in [0.15, 0.2) is 12.7 Å². The maximum atomic E-state index is 11.0. The van der Waals surface area contributed by atoms with Gasteiger partial charge in [-0.05, 0) is 25.7 Å². The lowest BCUT2D eigenvalue weighted by Gasteiger charge is -2.16. The Morgan fingerprint density at radius 1 is 0.880 bits per heavy atom. The van der Waals surface area contributed by atoms with E-state index in [1.54, 1.807) is 11.5 Å². The number of carbonyl (C=O) groups excluding carboxylic acids is 1. The van der Waals surface area contributed by atoms with E-state index in [0.717, 1.165) is 38.1 Å². The number of imidazole rings is 1. The molecule has 0 aromatic carbocycles. The van der Waals surface area contributed by atoms with E-state index in [1.165, 1.54) is 64.0 Å². The van der Waals surface area contributed by atoms with Crippen molar-refractivity contribution in [2.75, 3.05) is 18.5 Å². The molecule has 3 rings (SSSR count). The molecule has 3 heterocycles. The van der Waals surface area contributed by atoms with E-state index in [2.05, 4.69) is 35.8 Å². The lowest BCUT2D eigenvalue weighted by Crippen LogP contribution is -2.33. The van der Waals surface area contributed by atoms with Crippen LogP contribution in [-0.2, 0) is 31.8 Å². The first-order chi connectivity index (χ1) is 23.3. The van der Waals surface area contributed by atoms with Gasteiger partial charge in [-0.1, -0.05) is 64.7 Å². The van der Waals surface area contributed by atoms with Gasteiger partial charge in [0.05, 0.1) is 12.9 Å². The molecule has 0 aliphatic carbocycles. The van der Waals surface area contributed by atoms with Gasteiger partial charge in [-0.3, -0.25) is 4.57 Å². The monoisotopic (exact) mass is 777 g/mol. The minimum absolute atomic E-state index is 0.305. The number of rotatable bonds is 22. The number of aliphatic hydroxyl groups excluding tert-OH is 3. The Bertz CT molecular complexity index is 1440. The number of nitrogens with zero attached hydrogens (tertiary/aromatic N) is 4. The number of nitrogens with one attached hydrogen (secondary N) is 1. The third-order valence-corrected chi connectivity index (χ3v) is 11.1. The Morgan fingerprint density at radius 3 is 1.98 bits per heavy atom. The number of unbranched alkanes of at least 4 members (excludes halogenated alkanes) is 7. The highest BCUT2D eigenvalue weighted by atomic mass is 31.3. The van der Waals surface area contributed by atoms with Crippen LogP contribution in [0.1, 0.15) is 97.1 Å². The molecule has 5 atom stereocenters. The van der Waals surface area contributed by atoms with Crippen LogP contribution in [-0.4, -0.2) is 96.6 Å². The Morgan fingerprint density at radius 2 is 1.44 bits per heavy atom. The lowest BCUT2D eigenvalue weighted by molar-refractivity contribution is -0.117. The molecule has 2 aromatic rings. The summed E-state index contributed by atoms with van der Waals surface area (Å²) < 4.78 is 43.6. The second-order valence-corrected chi connectivity index (χ2v) is 16.3. The zero-order valence-corrected chi connectivity index (χ0v) is 30.7. The van der Waals surface area contributed by atoms with Crippen molar-refractivity contribution in [3.63, 3.8) is 0 Å². The van der Waals surface area contributed by atoms with Gasteiger partial charge in [0.1, 0.15) is 30.4 Å². The molecule has 2 aromatic heterocycles. The normalized spacial score (nSPS) is 20.4. The van der Waals surface area contributed by atoms with Crippen molar-refractivity contribution in [1.82, 2.24) is 19.5 Å². The fourth-order valence-electron chi connectivity index (χ4n) is 5.28. The van der Waals surface area contributed by atoms with Gasteiger partial charge in [0, 0.05) is 13.0 Å². The van der Waals surface area contributed by atoms with Crippen LogP contribution < -0.4 is 5.32 Å². The largest absolute Gasteiger partial charge is 0.490 e.